The van der Waals surface area contributed by atoms with Gasteiger partial charge in [0.1, 0.15) is 0 Å². The number of carbonyl (C=O) groups is 1. The summed E-state index contributed by atoms with van der Waals surface area (Å²) in [5.74, 6) is 0.603. The number of hydrogen-bond donors (Lipinski definition) is 1. The third kappa shape index (κ3) is 1.71. The Morgan fingerprint density at radius 2 is 2.36 bits per heavy atom. The van der Waals surface area contributed by atoms with Crippen LogP contribution in [0.3, 0.4) is 0 Å². The molecule has 0 saturated carbocycles. The minimum Gasteiger partial charge on any atom is -0.325 e. The van der Waals surface area contributed by atoms with Gasteiger partial charge in [0.2, 0.25) is 5.91 Å². The van der Waals surface area contributed by atoms with Gasteiger partial charge in [-0.1, -0.05) is 6.08 Å². The van der Waals surface area contributed by atoms with Crippen molar-refractivity contribution in [1.82, 2.24) is 9.99 Å². The summed E-state index contributed by atoms with van der Waals surface area (Å²) >= 11 is 0. The Hall–Kier alpha value is -0.400. The summed E-state index contributed by atoms with van der Waals surface area (Å²) in [5, 5.41) is 3.42. The molecule has 4 atom stereocenters. The molecule has 0 radical (unpaired) electrons. The molecular formula is C10H17N2OP. The highest BCUT2D eigenvalue weighted by molar-refractivity contribution is 7.14. The van der Waals surface area contributed by atoms with Crippen LogP contribution in [0.25, 0.3) is 0 Å². The zero-order valence-corrected chi connectivity index (χ0v) is 9.43. The second-order valence-electron chi connectivity index (χ2n) is 4.15. The Morgan fingerprint density at radius 1 is 1.57 bits per heavy atom. The molecule has 2 bridgehead atoms. The topological polar surface area (TPSA) is 32.3 Å². The molecule has 2 aliphatic heterocycles. The van der Waals surface area contributed by atoms with E-state index in [0.717, 1.165) is 19.4 Å². The van der Waals surface area contributed by atoms with Crippen molar-refractivity contribution in [2.45, 2.75) is 31.3 Å². The van der Waals surface area contributed by atoms with Gasteiger partial charge in [-0.25, -0.2) is 0 Å². The van der Waals surface area contributed by atoms with Crippen LogP contribution in [0.1, 0.15) is 19.3 Å². The van der Waals surface area contributed by atoms with Gasteiger partial charge in [0.25, 0.3) is 0 Å². The highest BCUT2D eigenvalue weighted by Crippen LogP contribution is 2.26. The van der Waals surface area contributed by atoms with E-state index in [-0.39, 0.29) is 11.9 Å². The van der Waals surface area contributed by atoms with E-state index in [1.54, 1.807) is 4.67 Å². The number of piperidine rings is 1. The molecule has 1 amide bonds. The molecule has 4 heteroatoms. The molecule has 0 spiro atoms. The fraction of sp³-hybridized carbons (Fsp3) is 0.700. The molecule has 0 aromatic heterocycles. The second-order valence-corrected chi connectivity index (χ2v) is 4.77. The predicted molar refractivity (Wildman–Crippen MR) is 59.7 cm³/mol. The highest BCUT2D eigenvalue weighted by Gasteiger charge is 2.35. The van der Waals surface area contributed by atoms with Crippen LogP contribution in [-0.2, 0) is 4.79 Å². The van der Waals surface area contributed by atoms with Gasteiger partial charge in [-0.15, -0.1) is 6.58 Å². The average molecular weight is 212 g/mol. The number of fused-ring (bicyclic) bond motifs is 2. The average Bonchev–Trinajstić information content (AvgIpc) is 2.30. The monoisotopic (exact) mass is 212 g/mol. The number of amides is 1. The summed E-state index contributed by atoms with van der Waals surface area (Å²) in [6.07, 6.45) is 5.26. The zero-order valence-electron chi connectivity index (χ0n) is 8.28. The minimum atomic E-state index is 0.0381. The van der Waals surface area contributed by atoms with Crippen molar-refractivity contribution >= 4 is 15.3 Å². The van der Waals surface area contributed by atoms with Gasteiger partial charge < -0.3 is 9.99 Å². The van der Waals surface area contributed by atoms with E-state index in [1.165, 1.54) is 6.42 Å². The third-order valence-electron chi connectivity index (χ3n) is 3.23. The van der Waals surface area contributed by atoms with E-state index < -0.39 is 0 Å². The summed E-state index contributed by atoms with van der Waals surface area (Å²) in [7, 11) is 2.52. The largest absolute Gasteiger partial charge is 0.325 e. The predicted octanol–water partition coefficient (Wildman–Crippen LogP) is 0.932. The fourth-order valence-corrected chi connectivity index (χ4v) is 2.81. The second kappa shape index (κ2) is 4.00. The summed E-state index contributed by atoms with van der Waals surface area (Å²) in [4.78, 5) is 11.8. The first-order valence-electron chi connectivity index (χ1n) is 5.17. The molecule has 14 heavy (non-hydrogen) atoms. The van der Waals surface area contributed by atoms with E-state index in [2.05, 4.69) is 21.3 Å². The first-order chi connectivity index (χ1) is 6.72. The standard InChI is InChI=1S/C10H17N2OP/c1-2-7-6-12(14)10(13)9-5-3-4-8(7)11-9/h2,7-9,11H,1,3-6,14H2. The lowest BCUT2D eigenvalue weighted by Crippen LogP contribution is -2.47. The number of nitrogens with one attached hydrogen (secondary N) is 1. The van der Waals surface area contributed by atoms with Crippen LogP contribution >= 0.6 is 9.39 Å². The molecule has 2 fully saturated rings. The van der Waals surface area contributed by atoms with Crippen molar-refractivity contribution in [3.63, 3.8) is 0 Å². The maximum atomic E-state index is 11.8. The quantitative estimate of drug-likeness (QED) is 0.518. The molecule has 1 N–H and O–H groups in total. The van der Waals surface area contributed by atoms with Gasteiger partial charge in [0, 0.05) is 18.5 Å². The molecule has 2 saturated heterocycles. The van der Waals surface area contributed by atoms with Gasteiger partial charge in [-0.05, 0) is 28.7 Å². The molecular weight excluding hydrogens is 195 g/mol. The molecule has 78 valence electrons. The van der Waals surface area contributed by atoms with Crippen molar-refractivity contribution in [1.29, 1.82) is 0 Å². The van der Waals surface area contributed by atoms with Crippen molar-refractivity contribution in [3.8, 4) is 0 Å². The Bertz CT molecular complexity index is 257. The summed E-state index contributed by atoms with van der Waals surface area (Å²) in [6, 6.07) is 0.483. The van der Waals surface area contributed by atoms with Gasteiger partial charge >= 0.3 is 0 Å². The van der Waals surface area contributed by atoms with Crippen LogP contribution in [-0.4, -0.2) is 29.2 Å². The Balaban J connectivity index is 2.20. The lowest BCUT2D eigenvalue weighted by atomic mass is 9.91. The lowest BCUT2D eigenvalue weighted by Gasteiger charge is -2.29. The SMILES string of the molecule is C=CC1CN(P)C(=O)C2CCCC1N2. The molecule has 4 unspecified atom stereocenters. The van der Waals surface area contributed by atoms with E-state index in [0.29, 0.717) is 12.0 Å². The normalized spacial score (nSPS) is 37.9. The number of rotatable bonds is 1. The molecule has 2 heterocycles. The van der Waals surface area contributed by atoms with Gasteiger partial charge in [-0.3, -0.25) is 4.79 Å². The molecule has 2 aliphatic rings. The van der Waals surface area contributed by atoms with E-state index in [4.69, 9.17) is 0 Å². The Labute approximate surface area is 87.2 Å². The van der Waals surface area contributed by atoms with Crippen LogP contribution in [0.15, 0.2) is 12.7 Å². The third-order valence-corrected chi connectivity index (χ3v) is 3.70. The lowest BCUT2D eigenvalue weighted by molar-refractivity contribution is -0.128. The van der Waals surface area contributed by atoms with Crippen molar-refractivity contribution in [2.24, 2.45) is 5.92 Å². The van der Waals surface area contributed by atoms with Crippen molar-refractivity contribution in [3.05, 3.63) is 12.7 Å². The summed E-state index contributed by atoms with van der Waals surface area (Å²) in [5.41, 5.74) is 0. The van der Waals surface area contributed by atoms with Crippen LogP contribution in [0.4, 0.5) is 0 Å². The molecule has 0 aromatic rings. The van der Waals surface area contributed by atoms with Crippen LogP contribution in [0, 0.1) is 5.92 Å². The zero-order chi connectivity index (χ0) is 10.1. The smallest absolute Gasteiger partial charge is 0.242 e. The summed E-state index contributed by atoms with van der Waals surface area (Å²) in [6.45, 7) is 4.62. The first kappa shape index (κ1) is 10.1. The highest BCUT2D eigenvalue weighted by atomic mass is 31.0. The molecule has 2 rings (SSSR count). The fourth-order valence-electron chi connectivity index (χ4n) is 2.38. The van der Waals surface area contributed by atoms with E-state index in [1.807, 2.05) is 6.08 Å². The van der Waals surface area contributed by atoms with E-state index in [9.17, 15) is 4.79 Å². The Kier molecular flexibility index (Phi) is 2.89. The maximum absolute atomic E-state index is 11.8. The molecule has 0 aliphatic carbocycles. The van der Waals surface area contributed by atoms with Crippen LogP contribution in [0.5, 0.6) is 0 Å². The minimum absolute atomic E-state index is 0.0381. The number of hydrogen-bond acceptors (Lipinski definition) is 2. The van der Waals surface area contributed by atoms with Crippen molar-refractivity contribution in [2.75, 3.05) is 6.54 Å². The summed E-state index contributed by atoms with van der Waals surface area (Å²) < 4.78 is 1.76. The van der Waals surface area contributed by atoms with Gasteiger partial charge in [0.15, 0.2) is 0 Å². The molecule has 0 aromatic carbocycles. The first-order valence-corrected chi connectivity index (χ1v) is 5.68. The van der Waals surface area contributed by atoms with Gasteiger partial charge in [-0.2, -0.15) is 0 Å². The maximum Gasteiger partial charge on any atom is 0.242 e. The van der Waals surface area contributed by atoms with Crippen LogP contribution in [0.2, 0.25) is 0 Å². The van der Waals surface area contributed by atoms with Crippen LogP contribution < -0.4 is 5.32 Å². The molecule has 3 nitrogen and oxygen atoms in total. The number of carbonyl (C=O) groups excluding carboxylic acids is 1. The van der Waals surface area contributed by atoms with E-state index >= 15 is 0 Å². The number of nitrogens with zero attached hydrogens (tertiary/aromatic N) is 1. The van der Waals surface area contributed by atoms with Crippen molar-refractivity contribution < 1.29 is 4.79 Å². The Morgan fingerprint density at radius 3 is 3.07 bits per heavy atom. The van der Waals surface area contributed by atoms with Gasteiger partial charge in [0.05, 0.1) is 6.04 Å².